The Kier molecular flexibility index (Phi) is 18.6. The first-order valence-corrected chi connectivity index (χ1v) is 18.7. The molecule has 3 heterocycles. The molecule has 48 heavy (non-hydrogen) atoms. The van der Waals surface area contributed by atoms with Gasteiger partial charge in [-0.15, -0.1) is 0 Å². The topological polar surface area (TPSA) is 143 Å². The minimum absolute atomic E-state index is 0.0201. The Hall–Kier alpha value is -2.99. The number of H-pyrrole nitrogens is 1. The summed E-state index contributed by atoms with van der Waals surface area (Å²) in [6.45, 7) is 6.65. The van der Waals surface area contributed by atoms with E-state index in [1.165, 1.54) is 94.2 Å². The molecule has 3 rings (SSSR count). The number of hydrogen-bond acceptors (Lipinski definition) is 8. The van der Waals surface area contributed by atoms with Gasteiger partial charge in [0.25, 0.3) is 5.56 Å². The highest BCUT2D eigenvalue weighted by atomic mass is 16.6. The van der Waals surface area contributed by atoms with Gasteiger partial charge in [0.15, 0.2) is 6.23 Å². The number of unbranched alkanes of at least 4 members (excludes halogenated alkanes) is 14. The van der Waals surface area contributed by atoms with Crippen LogP contribution in [0.2, 0.25) is 0 Å². The van der Waals surface area contributed by atoms with Crippen molar-refractivity contribution in [2.75, 3.05) is 45.9 Å². The predicted molar refractivity (Wildman–Crippen MR) is 186 cm³/mol. The fraction of sp³-hybridized carbons (Fsp3) is 0.806. The standard InChI is InChI=1S/C36H61N5O7/c1-3-4-5-6-7-8-9-10-11-12-13-14-15-16-17-18-31(42)39-21-23-40(24-22-39)32(43)19-20-34(44)47-28-30-25-37-26-33(48-30)41-27-29(2)35(45)38-36(41)46/h27,30,33,37H,3-26,28H2,1-2H3,(H,38,45,46)/t30-,33+/m0/s1. The van der Waals surface area contributed by atoms with E-state index in [9.17, 15) is 24.0 Å². The summed E-state index contributed by atoms with van der Waals surface area (Å²) in [5.74, 6) is -0.448. The summed E-state index contributed by atoms with van der Waals surface area (Å²) in [6, 6.07) is 0. The SMILES string of the molecule is CCCCCCCCCCCCCCCCCC(=O)N1CCN(C(=O)CCC(=O)OC[C@@H]2CNC[C@H](n3cc(C)c(=O)[nH]c3=O)O2)CC1. The summed E-state index contributed by atoms with van der Waals surface area (Å²) in [5.41, 5.74) is -0.625. The first-order valence-electron chi connectivity index (χ1n) is 18.7. The first-order chi connectivity index (χ1) is 23.3. The second-order valence-corrected chi connectivity index (χ2v) is 13.5. The van der Waals surface area contributed by atoms with E-state index in [4.69, 9.17) is 9.47 Å². The quantitative estimate of drug-likeness (QED) is 0.134. The number of aryl methyl sites for hydroxylation is 1. The zero-order valence-corrected chi connectivity index (χ0v) is 29.6. The van der Waals surface area contributed by atoms with Gasteiger partial charge in [0.1, 0.15) is 12.7 Å². The molecule has 2 aliphatic heterocycles. The number of morpholine rings is 1. The van der Waals surface area contributed by atoms with E-state index in [0.29, 0.717) is 51.3 Å². The van der Waals surface area contributed by atoms with E-state index in [0.717, 1.165) is 12.8 Å². The van der Waals surface area contributed by atoms with E-state index in [2.05, 4.69) is 17.2 Å². The summed E-state index contributed by atoms with van der Waals surface area (Å²) in [6.07, 6.45) is 20.4. The second-order valence-electron chi connectivity index (χ2n) is 13.5. The van der Waals surface area contributed by atoms with Crippen LogP contribution in [0.1, 0.15) is 134 Å². The van der Waals surface area contributed by atoms with Gasteiger partial charge in [-0.3, -0.25) is 28.7 Å². The lowest BCUT2D eigenvalue weighted by Crippen LogP contribution is -2.50. The molecule has 12 nitrogen and oxygen atoms in total. The fourth-order valence-electron chi connectivity index (χ4n) is 6.38. The van der Waals surface area contributed by atoms with Crippen LogP contribution in [0.25, 0.3) is 0 Å². The normalized spacial score (nSPS) is 18.2. The molecule has 2 fully saturated rings. The van der Waals surface area contributed by atoms with Crippen LogP contribution in [-0.4, -0.2) is 89.1 Å². The van der Waals surface area contributed by atoms with Crippen LogP contribution >= 0.6 is 0 Å². The monoisotopic (exact) mass is 675 g/mol. The molecule has 2 amide bonds. The van der Waals surface area contributed by atoms with Gasteiger partial charge in [0, 0.05) is 63.9 Å². The number of esters is 1. The molecular formula is C36H61N5O7. The van der Waals surface area contributed by atoms with E-state index < -0.39 is 29.6 Å². The van der Waals surface area contributed by atoms with Crippen LogP contribution in [0.4, 0.5) is 0 Å². The molecule has 0 spiro atoms. The molecule has 0 aromatic carbocycles. The lowest BCUT2D eigenvalue weighted by Gasteiger charge is -2.35. The van der Waals surface area contributed by atoms with Gasteiger partial charge >= 0.3 is 11.7 Å². The van der Waals surface area contributed by atoms with Crippen molar-refractivity contribution in [3.05, 3.63) is 32.6 Å². The lowest BCUT2D eigenvalue weighted by molar-refractivity contribution is -0.156. The van der Waals surface area contributed by atoms with Gasteiger partial charge in [0.2, 0.25) is 11.8 Å². The van der Waals surface area contributed by atoms with Crippen LogP contribution < -0.4 is 16.6 Å². The van der Waals surface area contributed by atoms with Crippen molar-refractivity contribution in [3.63, 3.8) is 0 Å². The maximum atomic E-state index is 12.7. The summed E-state index contributed by atoms with van der Waals surface area (Å²) in [5, 5.41) is 3.15. The van der Waals surface area contributed by atoms with Crippen molar-refractivity contribution in [1.82, 2.24) is 24.7 Å². The highest BCUT2D eigenvalue weighted by molar-refractivity contribution is 5.82. The van der Waals surface area contributed by atoms with E-state index in [1.807, 2.05) is 4.90 Å². The number of aromatic amines is 1. The van der Waals surface area contributed by atoms with E-state index in [1.54, 1.807) is 11.8 Å². The fourth-order valence-corrected chi connectivity index (χ4v) is 6.38. The van der Waals surface area contributed by atoms with Crippen LogP contribution in [0.5, 0.6) is 0 Å². The molecule has 1 aromatic heterocycles. The Balaban J connectivity index is 1.18. The minimum atomic E-state index is -0.651. The summed E-state index contributed by atoms with van der Waals surface area (Å²) in [7, 11) is 0. The third kappa shape index (κ3) is 14.6. The third-order valence-electron chi connectivity index (χ3n) is 9.45. The first kappa shape index (κ1) is 39.4. The average molecular weight is 676 g/mol. The Bertz CT molecular complexity index is 1220. The van der Waals surface area contributed by atoms with Crippen molar-refractivity contribution in [1.29, 1.82) is 0 Å². The number of nitrogens with one attached hydrogen (secondary N) is 2. The highest BCUT2D eigenvalue weighted by Crippen LogP contribution is 2.16. The summed E-state index contributed by atoms with van der Waals surface area (Å²) < 4.78 is 12.6. The molecule has 2 aliphatic rings. The number of hydrogen-bond donors (Lipinski definition) is 2. The number of rotatable bonds is 22. The van der Waals surface area contributed by atoms with Gasteiger partial charge in [-0.1, -0.05) is 96.8 Å². The number of piperazine rings is 1. The molecule has 0 saturated carbocycles. The molecule has 2 saturated heterocycles. The molecule has 2 N–H and O–H groups in total. The lowest BCUT2D eigenvalue weighted by atomic mass is 10.0. The van der Waals surface area contributed by atoms with Crippen molar-refractivity contribution in [2.24, 2.45) is 0 Å². The van der Waals surface area contributed by atoms with E-state index >= 15 is 0 Å². The predicted octanol–water partition coefficient (Wildman–Crippen LogP) is 4.59. The average Bonchev–Trinajstić information content (AvgIpc) is 3.09. The largest absolute Gasteiger partial charge is 0.463 e. The Morgan fingerprint density at radius 3 is 1.83 bits per heavy atom. The molecule has 0 unspecified atom stereocenters. The number of nitrogens with zero attached hydrogens (tertiary/aromatic N) is 3. The maximum Gasteiger partial charge on any atom is 0.330 e. The van der Waals surface area contributed by atoms with Gasteiger partial charge in [-0.2, -0.15) is 0 Å². The minimum Gasteiger partial charge on any atom is -0.463 e. The molecule has 12 heteroatoms. The smallest absolute Gasteiger partial charge is 0.330 e. The summed E-state index contributed by atoms with van der Waals surface area (Å²) in [4.78, 5) is 67.5. The molecule has 272 valence electrons. The number of aromatic nitrogens is 2. The van der Waals surface area contributed by atoms with Crippen LogP contribution in [0.3, 0.4) is 0 Å². The molecule has 0 aliphatic carbocycles. The van der Waals surface area contributed by atoms with Gasteiger partial charge < -0.3 is 24.6 Å². The molecule has 1 aromatic rings. The molecular weight excluding hydrogens is 614 g/mol. The third-order valence-corrected chi connectivity index (χ3v) is 9.45. The van der Waals surface area contributed by atoms with Crippen molar-refractivity contribution in [2.45, 2.75) is 142 Å². The van der Waals surface area contributed by atoms with Crippen LogP contribution in [-0.2, 0) is 23.9 Å². The highest BCUT2D eigenvalue weighted by Gasteiger charge is 2.27. The van der Waals surface area contributed by atoms with Gasteiger partial charge in [0.05, 0.1) is 6.42 Å². The molecule has 0 radical (unpaired) electrons. The molecule has 2 atom stereocenters. The zero-order chi connectivity index (χ0) is 34.6. The maximum absolute atomic E-state index is 12.7. The van der Waals surface area contributed by atoms with Gasteiger partial charge in [-0.25, -0.2) is 4.79 Å². The van der Waals surface area contributed by atoms with Crippen molar-refractivity contribution < 1.29 is 23.9 Å². The van der Waals surface area contributed by atoms with Crippen LogP contribution in [0, 0.1) is 6.92 Å². The number of ether oxygens (including phenoxy) is 2. The second kappa shape index (κ2) is 22.6. The Labute approximate surface area is 286 Å². The van der Waals surface area contributed by atoms with Gasteiger partial charge in [-0.05, 0) is 13.3 Å². The van der Waals surface area contributed by atoms with Crippen LogP contribution in [0.15, 0.2) is 15.8 Å². The number of amides is 2. The van der Waals surface area contributed by atoms with E-state index in [-0.39, 0.29) is 31.3 Å². The molecule has 0 bridgehead atoms. The number of carbonyl (C=O) groups is 3. The van der Waals surface area contributed by atoms with Crippen molar-refractivity contribution in [3.8, 4) is 0 Å². The zero-order valence-electron chi connectivity index (χ0n) is 29.6. The Morgan fingerprint density at radius 2 is 1.27 bits per heavy atom. The number of carbonyl (C=O) groups excluding carboxylic acids is 3. The summed E-state index contributed by atoms with van der Waals surface area (Å²) >= 11 is 0. The Morgan fingerprint density at radius 1 is 0.750 bits per heavy atom. The van der Waals surface area contributed by atoms with Crippen molar-refractivity contribution >= 4 is 17.8 Å².